The number of carbonyl (C=O) groups is 1. The Labute approximate surface area is 173 Å². The second kappa shape index (κ2) is 8.31. The molecule has 0 aliphatic carbocycles. The zero-order valence-electron chi connectivity index (χ0n) is 13.8. The fourth-order valence-corrected chi connectivity index (χ4v) is 4.62. The molecule has 3 aromatic heterocycles. The van der Waals surface area contributed by atoms with Crippen molar-refractivity contribution in [1.82, 2.24) is 15.2 Å². The van der Waals surface area contributed by atoms with Crippen LogP contribution in [-0.2, 0) is 0 Å². The Morgan fingerprint density at radius 1 is 0.926 bits per heavy atom. The van der Waals surface area contributed by atoms with Crippen LogP contribution in [0.4, 0.5) is 0 Å². The van der Waals surface area contributed by atoms with Gasteiger partial charge in [-0.3, -0.25) is 4.79 Å². The van der Waals surface area contributed by atoms with Gasteiger partial charge in [-0.1, -0.05) is 35.5 Å². The van der Waals surface area contributed by atoms with Crippen molar-refractivity contribution in [2.24, 2.45) is 0 Å². The van der Waals surface area contributed by atoms with E-state index in [1.807, 2.05) is 35.0 Å². The predicted octanol–water partition coefficient (Wildman–Crippen LogP) is 5.96. The van der Waals surface area contributed by atoms with Gasteiger partial charge in [0.2, 0.25) is 5.16 Å². The number of nitrogens with zero attached hydrogens (tertiary/aromatic N) is 3. The second-order valence-electron chi connectivity index (χ2n) is 5.46. The van der Waals surface area contributed by atoms with Crippen molar-refractivity contribution < 1.29 is 4.79 Å². The van der Waals surface area contributed by atoms with Gasteiger partial charge in [-0.25, -0.2) is 4.98 Å². The number of carbonyl (C=O) groups excluding carboxylic acids is 1. The molecule has 4 aromatic rings. The third-order valence-corrected chi connectivity index (χ3v) is 6.52. The van der Waals surface area contributed by atoms with E-state index in [0.717, 1.165) is 21.1 Å². The maximum absolute atomic E-state index is 12.4. The van der Waals surface area contributed by atoms with Gasteiger partial charge in [0.25, 0.3) is 0 Å². The summed E-state index contributed by atoms with van der Waals surface area (Å²) >= 11 is 10.4. The average Bonchev–Trinajstić information content (AvgIpc) is 3.40. The molecule has 0 aliphatic rings. The van der Waals surface area contributed by atoms with Crippen LogP contribution in [-0.4, -0.2) is 26.7 Å². The number of aromatic nitrogens is 3. The lowest BCUT2D eigenvalue weighted by Crippen LogP contribution is -2.04. The van der Waals surface area contributed by atoms with Crippen molar-refractivity contribution in [1.29, 1.82) is 0 Å². The molecule has 0 spiro atoms. The Bertz CT molecular complexity index is 1050. The first-order valence-electron chi connectivity index (χ1n) is 7.95. The van der Waals surface area contributed by atoms with Gasteiger partial charge in [0.15, 0.2) is 5.78 Å². The first-order chi connectivity index (χ1) is 13.2. The van der Waals surface area contributed by atoms with Crippen LogP contribution in [0.25, 0.3) is 21.1 Å². The summed E-state index contributed by atoms with van der Waals surface area (Å²) in [5.41, 5.74) is 2.18. The van der Waals surface area contributed by atoms with E-state index in [9.17, 15) is 4.79 Å². The topological polar surface area (TPSA) is 55.7 Å². The molecule has 4 rings (SSSR count). The van der Waals surface area contributed by atoms with Crippen LogP contribution >= 0.6 is 46.0 Å². The number of rotatable bonds is 6. The van der Waals surface area contributed by atoms with Crippen molar-refractivity contribution in [2.75, 3.05) is 5.75 Å². The molecule has 0 saturated carbocycles. The standard InChI is InChI=1S/C19H12ClN3OS3/c20-13-7-5-12(6-8-13)14(24)11-27-19-21-17(15-3-1-9-25-15)18(22-23-19)16-4-2-10-26-16/h1-10H,11H2. The molecular weight excluding hydrogens is 418 g/mol. The minimum atomic E-state index is 0.000253. The highest BCUT2D eigenvalue weighted by Crippen LogP contribution is 2.34. The highest BCUT2D eigenvalue weighted by atomic mass is 35.5. The van der Waals surface area contributed by atoms with E-state index >= 15 is 0 Å². The Morgan fingerprint density at radius 3 is 2.22 bits per heavy atom. The van der Waals surface area contributed by atoms with Crippen molar-refractivity contribution in [2.45, 2.75) is 5.16 Å². The molecule has 0 bridgehead atoms. The highest BCUT2D eigenvalue weighted by molar-refractivity contribution is 7.99. The van der Waals surface area contributed by atoms with E-state index in [-0.39, 0.29) is 11.5 Å². The summed E-state index contributed by atoms with van der Waals surface area (Å²) in [6.07, 6.45) is 0. The van der Waals surface area contributed by atoms with Crippen molar-refractivity contribution in [3.05, 3.63) is 69.9 Å². The lowest BCUT2D eigenvalue weighted by atomic mass is 10.1. The normalized spacial score (nSPS) is 10.9. The summed E-state index contributed by atoms with van der Waals surface area (Å²) < 4.78 is 0. The summed E-state index contributed by atoms with van der Waals surface area (Å²) in [7, 11) is 0. The summed E-state index contributed by atoms with van der Waals surface area (Å²) in [6, 6.07) is 14.8. The fraction of sp³-hybridized carbons (Fsp3) is 0.0526. The molecule has 0 atom stereocenters. The second-order valence-corrected chi connectivity index (χ2v) is 8.74. The highest BCUT2D eigenvalue weighted by Gasteiger charge is 2.16. The Morgan fingerprint density at radius 2 is 1.59 bits per heavy atom. The summed E-state index contributed by atoms with van der Waals surface area (Å²) in [5, 5.41) is 13.7. The van der Waals surface area contributed by atoms with Crippen molar-refractivity contribution in [3.63, 3.8) is 0 Å². The molecule has 0 radical (unpaired) electrons. The molecule has 0 aliphatic heterocycles. The average molecular weight is 430 g/mol. The molecule has 0 unspecified atom stereocenters. The number of Topliss-reactive ketones (excluding diaryl/α,β-unsaturated/α-hetero) is 1. The van der Waals surface area contributed by atoms with E-state index < -0.39 is 0 Å². The first-order valence-corrected chi connectivity index (χ1v) is 11.1. The van der Waals surface area contributed by atoms with Gasteiger partial charge in [0.05, 0.1) is 15.5 Å². The van der Waals surface area contributed by atoms with E-state index in [4.69, 9.17) is 11.6 Å². The van der Waals surface area contributed by atoms with Gasteiger partial charge in [0, 0.05) is 10.6 Å². The Hall–Kier alpha value is -2.06. The van der Waals surface area contributed by atoms with Crippen LogP contribution in [0.3, 0.4) is 0 Å². The van der Waals surface area contributed by atoms with Crippen molar-refractivity contribution in [3.8, 4) is 21.1 Å². The third-order valence-electron chi connectivity index (χ3n) is 3.67. The Kier molecular flexibility index (Phi) is 5.63. The maximum Gasteiger partial charge on any atom is 0.210 e. The van der Waals surface area contributed by atoms with Crippen LogP contribution < -0.4 is 0 Å². The molecule has 4 nitrogen and oxygen atoms in total. The minimum absolute atomic E-state index is 0.000253. The molecule has 1 aromatic carbocycles. The predicted molar refractivity (Wildman–Crippen MR) is 113 cm³/mol. The van der Waals surface area contributed by atoms with E-state index in [0.29, 0.717) is 15.7 Å². The number of halogens is 1. The number of hydrogen-bond donors (Lipinski definition) is 0. The number of ketones is 1. The van der Waals surface area contributed by atoms with Gasteiger partial charge in [-0.2, -0.15) is 0 Å². The van der Waals surface area contributed by atoms with Crippen LogP contribution in [0.2, 0.25) is 5.02 Å². The lowest BCUT2D eigenvalue weighted by molar-refractivity contribution is 0.102. The molecule has 27 heavy (non-hydrogen) atoms. The summed E-state index contributed by atoms with van der Waals surface area (Å²) in [5.74, 6) is 0.242. The zero-order valence-corrected chi connectivity index (χ0v) is 17.0. The number of benzene rings is 1. The van der Waals surface area contributed by atoms with E-state index in [1.165, 1.54) is 11.8 Å². The molecule has 0 amide bonds. The number of thiophene rings is 2. The largest absolute Gasteiger partial charge is 0.293 e. The zero-order chi connectivity index (χ0) is 18.6. The quantitative estimate of drug-likeness (QED) is 0.279. The number of thioether (sulfide) groups is 1. The molecular formula is C19H12ClN3OS3. The summed E-state index contributed by atoms with van der Waals surface area (Å²) in [6.45, 7) is 0. The van der Waals surface area contributed by atoms with Gasteiger partial charge in [-0.05, 0) is 47.2 Å². The van der Waals surface area contributed by atoms with Crippen LogP contribution in [0.5, 0.6) is 0 Å². The van der Waals surface area contributed by atoms with Gasteiger partial charge in [0.1, 0.15) is 11.4 Å². The summed E-state index contributed by atoms with van der Waals surface area (Å²) in [4.78, 5) is 19.1. The molecule has 0 N–H and O–H groups in total. The van der Waals surface area contributed by atoms with Crippen LogP contribution in [0, 0.1) is 0 Å². The van der Waals surface area contributed by atoms with E-state index in [2.05, 4.69) is 15.2 Å². The molecule has 8 heteroatoms. The van der Waals surface area contributed by atoms with Gasteiger partial charge in [-0.15, -0.1) is 32.9 Å². The SMILES string of the molecule is O=C(CSc1nnc(-c2cccs2)c(-c2cccs2)n1)c1ccc(Cl)cc1. The third kappa shape index (κ3) is 4.27. The smallest absolute Gasteiger partial charge is 0.210 e. The fourth-order valence-electron chi connectivity index (χ4n) is 2.39. The van der Waals surface area contributed by atoms with Crippen molar-refractivity contribution >= 4 is 51.8 Å². The first kappa shape index (κ1) is 18.3. The molecule has 0 fully saturated rings. The molecule has 3 heterocycles. The Balaban J connectivity index is 1.58. The molecule has 134 valence electrons. The lowest BCUT2D eigenvalue weighted by Gasteiger charge is -2.06. The maximum atomic E-state index is 12.4. The monoisotopic (exact) mass is 429 g/mol. The van der Waals surface area contributed by atoms with Gasteiger partial charge >= 0.3 is 0 Å². The van der Waals surface area contributed by atoms with Gasteiger partial charge < -0.3 is 0 Å². The molecule has 0 saturated heterocycles. The number of hydrogen-bond acceptors (Lipinski definition) is 7. The van der Waals surface area contributed by atoms with E-state index in [1.54, 1.807) is 46.9 Å². The minimum Gasteiger partial charge on any atom is -0.293 e. The van der Waals surface area contributed by atoms with Crippen LogP contribution in [0.15, 0.2) is 64.4 Å². The van der Waals surface area contributed by atoms with Crippen LogP contribution in [0.1, 0.15) is 10.4 Å².